The van der Waals surface area contributed by atoms with E-state index in [-0.39, 0.29) is 83.5 Å². The molecule has 0 radical (unpaired) electrons. The van der Waals surface area contributed by atoms with Crippen LogP contribution in [-0.4, -0.2) is 165 Å². The van der Waals surface area contributed by atoms with Crippen molar-refractivity contribution in [3.8, 4) is 0 Å². The highest BCUT2D eigenvalue weighted by molar-refractivity contribution is 7.48. The summed E-state index contributed by atoms with van der Waals surface area (Å²) in [4.78, 5) is 57.0. The molecule has 2 rings (SSSR count). The van der Waals surface area contributed by atoms with Gasteiger partial charge in [0, 0.05) is 40.3 Å². The van der Waals surface area contributed by atoms with Crippen molar-refractivity contribution in [2.45, 2.75) is 352 Å². The summed E-state index contributed by atoms with van der Waals surface area (Å²) in [7, 11) is -6.19. The Hall–Kier alpha value is -3.74. The van der Waals surface area contributed by atoms with Crippen LogP contribution in [0.15, 0.2) is 75.4 Å². The van der Waals surface area contributed by atoms with Gasteiger partial charge in [-0.2, -0.15) is 0 Å². The fourth-order valence-electron chi connectivity index (χ4n) is 12.9. The molecule has 11 atom stereocenters. The predicted molar refractivity (Wildman–Crippen MR) is 423 cm³/mol. The van der Waals surface area contributed by atoms with E-state index < -0.39 is 102 Å². The third-order valence-corrected chi connectivity index (χ3v) is 21.6. The lowest BCUT2D eigenvalue weighted by atomic mass is 9.95. The number of ether oxygens (including phenoxy) is 9. The molecule has 2 amide bonds. The largest absolute Gasteiger partial charge is 0.509 e. The van der Waals surface area contributed by atoms with Crippen molar-refractivity contribution in [1.29, 1.82) is 0 Å². The Bertz CT molecular complexity index is 2430. The zero-order valence-corrected chi connectivity index (χ0v) is 68.8. The predicted octanol–water partition coefficient (Wildman–Crippen LogP) is 19.8. The molecule has 0 bridgehead atoms. The number of Topliss-reactive ketones (excluding diaryl/α,β-unsaturated/α-hetero) is 1. The molecule has 7 unspecified atom stereocenters. The lowest BCUT2D eigenvalue weighted by Gasteiger charge is -2.48. The SMILES string of the molecule is C=CCOC(=O)O[C@@H]1C(COC2OC(COC)[C@@H](OP(=O)(OCC=C)OCC=C)C(OCCC(CCCCCCC)OC)[C@H]2NC(=O)CCCCCCCCC/C=C\CCCCCC)OC(OP(=O)(OCC=C)OCC=C)[C@H](NC(=O)CC(=O)CCCCCCCCCCC)C1OCCCCCCCCCC. The minimum absolute atomic E-state index is 0.0443. The zero-order chi connectivity index (χ0) is 78.3. The van der Waals surface area contributed by atoms with Crippen LogP contribution in [0.1, 0.15) is 285 Å². The number of rotatable bonds is 74. The Morgan fingerprint density at radius 2 is 0.850 bits per heavy atom. The summed E-state index contributed by atoms with van der Waals surface area (Å²) >= 11 is 0. The molecule has 2 saturated heterocycles. The summed E-state index contributed by atoms with van der Waals surface area (Å²) in [6, 6.07) is -2.81. The number of hydrogen-bond acceptors (Lipinski definition) is 21. The van der Waals surface area contributed by atoms with Crippen molar-refractivity contribution in [3.05, 3.63) is 75.4 Å². The van der Waals surface area contributed by atoms with Crippen LogP contribution in [0.2, 0.25) is 0 Å². The van der Waals surface area contributed by atoms with Crippen LogP contribution in [0.25, 0.3) is 0 Å². The molecule has 0 aromatic rings. The van der Waals surface area contributed by atoms with Gasteiger partial charge in [0.1, 0.15) is 55.0 Å². The van der Waals surface area contributed by atoms with E-state index in [9.17, 15) is 28.3 Å². The lowest BCUT2D eigenvalue weighted by Crippen LogP contribution is -2.68. The molecule has 0 aliphatic carbocycles. The monoisotopic (exact) mass is 1560 g/mol. The third kappa shape index (κ3) is 46.8. The summed E-state index contributed by atoms with van der Waals surface area (Å²) in [5, 5.41) is 6.07. The average molecular weight is 1560 g/mol. The maximum atomic E-state index is 14.9. The fourth-order valence-corrected chi connectivity index (χ4v) is 15.4. The molecule has 2 heterocycles. The Morgan fingerprint density at radius 3 is 1.36 bits per heavy atom. The van der Waals surface area contributed by atoms with E-state index in [0.717, 1.165) is 161 Å². The quantitative estimate of drug-likeness (QED) is 0.0188. The van der Waals surface area contributed by atoms with E-state index in [4.69, 9.17) is 69.8 Å². The first-order valence-electron chi connectivity index (χ1n) is 41.0. The van der Waals surface area contributed by atoms with Crippen LogP contribution >= 0.6 is 15.6 Å². The van der Waals surface area contributed by atoms with Gasteiger partial charge in [-0.05, 0) is 57.8 Å². The van der Waals surface area contributed by atoms with Crippen LogP contribution in [0.5, 0.6) is 0 Å². The molecular formula is C82H146N2O21P2. The van der Waals surface area contributed by atoms with Gasteiger partial charge in [0.25, 0.3) is 0 Å². The van der Waals surface area contributed by atoms with Gasteiger partial charge in [0.05, 0.1) is 52.2 Å². The number of ketones is 1. The average Bonchev–Trinajstić information content (AvgIpc) is 0.778. The maximum absolute atomic E-state index is 14.9. The van der Waals surface area contributed by atoms with Crippen molar-refractivity contribution in [2.24, 2.45) is 0 Å². The number of phosphoric acid groups is 2. The molecule has 2 aliphatic rings. The van der Waals surface area contributed by atoms with Crippen molar-refractivity contribution in [3.63, 3.8) is 0 Å². The van der Waals surface area contributed by atoms with Crippen molar-refractivity contribution >= 4 is 39.4 Å². The van der Waals surface area contributed by atoms with Crippen molar-refractivity contribution < 1.29 is 98.1 Å². The summed E-state index contributed by atoms with van der Waals surface area (Å²) in [6.45, 7) is 25.3. The van der Waals surface area contributed by atoms with E-state index in [2.05, 4.69) is 83.4 Å². The summed E-state index contributed by atoms with van der Waals surface area (Å²) in [6.07, 6.45) is 35.4. The zero-order valence-electron chi connectivity index (χ0n) is 67.0. The molecule has 2 N–H and O–H groups in total. The molecule has 0 saturated carbocycles. The van der Waals surface area contributed by atoms with Crippen LogP contribution in [0.4, 0.5) is 4.79 Å². The highest BCUT2D eigenvalue weighted by Crippen LogP contribution is 2.54. The summed E-state index contributed by atoms with van der Waals surface area (Å²) < 4.78 is 124. The lowest BCUT2D eigenvalue weighted by molar-refractivity contribution is -0.301. The topological polar surface area (TPSA) is 265 Å². The van der Waals surface area contributed by atoms with Gasteiger partial charge in [-0.3, -0.25) is 41.5 Å². The maximum Gasteiger partial charge on any atom is 0.509 e. The summed E-state index contributed by atoms with van der Waals surface area (Å²) in [5.74, 6) is -1.44. The van der Waals surface area contributed by atoms with E-state index >= 15 is 0 Å². The fraction of sp³-hybridized carbons (Fsp3) is 0.805. The molecular weight excluding hydrogens is 1410 g/mol. The van der Waals surface area contributed by atoms with E-state index in [0.29, 0.717) is 25.7 Å². The number of amides is 2. The molecule has 0 aromatic carbocycles. The number of methoxy groups -OCH3 is 2. The smallest absolute Gasteiger partial charge is 0.430 e. The van der Waals surface area contributed by atoms with Gasteiger partial charge in [-0.25, -0.2) is 13.9 Å². The molecule has 620 valence electrons. The van der Waals surface area contributed by atoms with Crippen LogP contribution in [-0.2, 0) is 93.3 Å². The number of allylic oxidation sites excluding steroid dienone is 2. The number of carbonyl (C=O) groups excluding carboxylic acids is 4. The summed E-state index contributed by atoms with van der Waals surface area (Å²) in [5.41, 5.74) is 0. The second kappa shape index (κ2) is 65.8. The van der Waals surface area contributed by atoms with E-state index in [1.165, 1.54) is 88.9 Å². The number of nitrogens with one attached hydrogen (secondary N) is 2. The number of phosphoric ester groups is 2. The molecule has 25 heteroatoms. The normalized spacial score (nSPS) is 20.7. The molecule has 2 aliphatic heterocycles. The first kappa shape index (κ1) is 99.3. The third-order valence-electron chi connectivity index (χ3n) is 18.7. The van der Waals surface area contributed by atoms with E-state index in [1.807, 2.05) is 0 Å². The van der Waals surface area contributed by atoms with E-state index in [1.54, 1.807) is 7.11 Å². The Balaban J connectivity index is 2.92. The minimum Gasteiger partial charge on any atom is -0.430 e. The van der Waals surface area contributed by atoms with Gasteiger partial charge in [0.2, 0.25) is 11.8 Å². The number of unbranched alkanes of at least 4 members (excludes halogenated alkanes) is 30. The second-order valence-corrected chi connectivity index (χ2v) is 31.3. The Morgan fingerprint density at radius 1 is 0.430 bits per heavy atom. The molecule has 0 spiro atoms. The van der Waals surface area contributed by atoms with Gasteiger partial charge in [-0.1, -0.05) is 257 Å². The van der Waals surface area contributed by atoms with Crippen molar-refractivity contribution in [1.82, 2.24) is 10.6 Å². The number of hydrogen-bond donors (Lipinski definition) is 2. The Kier molecular flexibility index (Phi) is 61.1. The first-order valence-corrected chi connectivity index (χ1v) is 44.0. The van der Waals surface area contributed by atoms with Crippen LogP contribution < -0.4 is 10.6 Å². The van der Waals surface area contributed by atoms with Gasteiger partial charge in [-0.15, -0.1) is 26.3 Å². The second-order valence-electron chi connectivity index (χ2n) is 28.0. The standard InChI is InChI=1S/C82H146N2O21P2/c1-12-21-25-29-32-35-36-37-38-39-40-42-44-48-52-56-72(86)83-74-79(94-64-57-69(92-11)55-51-46-28-24-15-4)77(104-106(89,97-59-17-6)98-60-18-7)70(66-91-10)101-80(74)96-67-71-76(103-82(88)95-58-16-5)78(93-63-53-49-45-34-31-27-23-14-3)75(81(102-71)105-107(90,99-61-19-8)100-62-20-9)84-73(87)65-68(85)54-50-47-43-41-33-30-26-22-13-2/h16-20,35-36,69-71,74-81H,5-9,12-15,21-34,37-67H2,1-4,10-11H3,(H,83,86)(H,84,87)/b36-35-/t69?,70?,71?,74-,75-,76-,77-,78?,79?,80?,81?/m1/s1. The minimum atomic E-state index is -4.73. The number of carbonyl (C=O) groups is 4. The molecule has 0 aromatic heterocycles. The van der Waals surface area contributed by atoms with Gasteiger partial charge >= 0.3 is 21.8 Å². The molecule has 23 nitrogen and oxygen atoms in total. The Labute approximate surface area is 646 Å². The van der Waals surface area contributed by atoms with Crippen molar-refractivity contribution in [2.75, 3.05) is 73.7 Å². The van der Waals surface area contributed by atoms with Crippen LogP contribution in [0.3, 0.4) is 0 Å². The van der Waals surface area contributed by atoms with Crippen LogP contribution in [0, 0.1) is 0 Å². The highest BCUT2D eigenvalue weighted by Gasteiger charge is 2.56. The molecule has 107 heavy (non-hydrogen) atoms. The first-order chi connectivity index (χ1) is 52.1. The highest BCUT2D eigenvalue weighted by atomic mass is 31.2. The van der Waals surface area contributed by atoms with Gasteiger partial charge in [0.15, 0.2) is 18.7 Å². The molecule has 2 fully saturated rings. The van der Waals surface area contributed by atoms with Gasteiger partial charge < -0.3 is 53.3 Å².